The Bertz CT molecular complexity index is 325. The van der Waals surface area contributed by atoms with Crippen LogP contribution in [0.5, 0.6) is 0 Å². The predicted octanol–water partition coefficient (Wildman–Crippen LogP) is 2.31. The lowest BCUT2D eigenvalue weighted by Crippen LogP contribution is -2.49. The monoisotopic (exact) mass is 224 g/mol. The summed E-state index contributed by atoms with van der Waals surface area (Å²) in [5.74, 6) is 0.878. The molecule has 16 heavy (non-hydrogen) atoms. The fraction of sp³-hybridized carbons (Fsp3) is 0.583. The summed E-state index contributed by atoms with van der Waals surface area (Å²) in [6.45, 7) is 7.79. The van der Waals surface area contributed by atoms with Gasteiger partial charge in [-0.05, 0) is 39.8 Å². The van der Waals surface area contributed by atoms with Crippen molar-refractivity contribution in [2.45, 2.75) is 45.7 Å². The van der Waals surface area contributed by atoms with E-state index in [9.17, 15) is 4.79 Å². The minimum atomic E-state index is -0.214. The highest BCUT2D eigenvalue weighted by atomic mass is 16.3. The van der Waals surface area contributed by atoms with Crippen molar-refractivity contribution in [3.63, 3.8) is 0 Å². The molecule has 90 valence electrons. The average molecular weight is 224 g/mol. The molecule has 1 heterocycles. The van der Waals surface area contributed by atoms with Crippen molar-refractivity contribution in [1.29, 1.82) is 0 Å². The predicted molar refractivity (Wildman–Crippen MR) is 63.3 cm³/mol. The molecule has 0 aliphatic rings. The van der Waals surface area contributed by atoms with Gasteiger partial charge in [0.25, 0.3) is 0 Å². The summed E-state index contributed by atoms with van der Waals surface area (Å²) in [6, 6.07) is 3.65. The summed E-state index contributed by atoms with van der Waals surface area (Å²) >= 11 is 0. The van der Waals surface area contributed by atoms with E-state index < -0.39 is 0 Å². The molecule has 0 aromatic carbocycles. The number of nitrogens with one attached hydrogen (secondary N) is 2. The van der Waals surface area contributed by atoms with Crippen molar-refractivity contribution in [3.05, 3.63) is 24.2 Å². The number of hydrogen-bond donors (Lipinski definition) is 2. The van der Waals surface area contributed by atoms with E-state index in [1.165, 1.54) is 0 Å². The van der Waals surface area contributed by atoms with Crippen molar-refractivity contribution < 1.29 is 9.21 Å². The van der Waals surface area contributed by atoms with Gasteiger partial charge >= 0.3 is 6.03 Å². The fourth-order valence-corrected chi connectivity index (χ4v) is 1.38. The van der Waals surface area contributed by atoms with Gasteiger partial charge < -0.3 is 15.1 Å². The number of carbonyl (C=O) groups is 1. The lowest BCUT2D eigenvalue weighted by atomic mass is 10.1. The minimum absolute atomic E-state index is 0.0495. The Balaban J connectivity index is 2.34. The lowest BCUT2D eigenvalue weighted by molar-refractivity contribution is 0.228. The molecule has 0 radical (unpaired) electrons. The van der Waals surface area contributed by atoms with Gasteiger partial charge in [0.15, 0.2) is 0 Å². The Hall–Kier alpha value is -1.45. The molecule has 4 heteroatoms. The van der Waals surface area contributed by atoms with Crippen molar-refractivity contribution in [2.24, 2.45) is 0 Å². The number of urea groups is 1. The molecular formula is C12H20N2O2. The molecule has 1 rings (SSSR count). The van der Waals surface area contributed by atoms with Gasteiger partial charge in [-0.15, -0.1) is 0 Å². The molecule has 0 bridgehead atoms. The molecule has 0 saturated carbocycles. The molecule has 1 aromatic rings. The number of hydrogen-bond acceptors (Lipinski definition) is 2. The van der Waals surface area contributed by atoms with E-state index in [1.54, 1.807) is 6.26 Å². The Labute approximate surface area is 96.4 Å². The van der Waals surface area contributed by atoms with Gasteiger partial charge in [-0.25, -0.2) is 4.79 Å². The maximum Gasteiger partial charge on any atom is 0.315 e. The molecule has 0 aliphatic heterocycles. The van der Waals surface area contributed by atoms with Crippen LogP contribution in [0.3, 0.4) is 0 Å². The van der Waals surface area contributed by atoms with Crippen LogP contribution in [0.4, 0.5) is 4.79 Å². The highest BCUT2D eigenvalue weighted by molar-refractivity contribution is 5.74. The van der Waals surface area contributed by atoms with Gasteiger partial charge in [-0.1, -0.05) is 0 Å². The second kappa shape index (κ2) is 5.05. The summed E-state index contributed by atoms with van der Waals surface area (Å²) in [7, 11) is 0. The SMILES string of the molecule is CC(Cc1ccco1)NC(=O)NC(C)(C)C. The first-order valence-electron chi connectivity index (χ1n) is 5.48. The molecule has 1 atom stereocenters. The topological polar surface area (TPSA) is 54.3 Å². The van der Waals surface area contributed by atoms with Crippen molar-refractivity contribution in [2.75, 3.05) is 0 Å². The number of carbonyl (C=O) groups excluding carboxylic acids is 1. The van der Waals surface area contributed by atoms with E-state index in [2.05, 4.69) is 10.6 Å². The second-order valence-corrected chi connectivity index (χ2v) is 5.03. The molecule has 2 amide bonds. The molecule has 0 aliphatic carbocycles. The van der Waals surface area contributed by atoms with Crippen LogP contribution >= 0.6 is 0 Å². The molecule has 1 unspecified atom stereocenters. The van der Waals surface area contributed by atoms with E-state index in [0.717, 1.165) is 5.76 Å². The smallest absolute Gasteiger partial charge is 0.315 e. The molecule has 0 fully saturated rings. The highest BCUT2D eigenvalue weighted by Gasteiger charge is 2.15. The average Bonchev–Trinajstić information content (AvgIpc) is 2.51. The Kier molecular flexibility index (Phi) is 3.99. The van der Waals surface area contributed by atoms with E-state index in [4.69, 9.17) is 4.42 Å². The zero-order chi connectivity index (χ0) is 12.2. The first kappa shape index (κ1) is 12.6. The Morgan fingerprint density at radius 1 is 1.50 bits per heavy atom. The van der Waals surface area contributed by atoms with Crippen LogP contribution in [0.2, 0.25) is 0 Å². The fourth-order valence-electron chi connectivity index (χ4n) is 1.38. The van der Waals surface area contributed by atoms with Gasteiger partial charge in [0.1, 0.15) is 5.76 Å². The van der Waals surface area contributed by atoms with Crippen LogP contribution in [0, 0.1) is 0 Å². The highest BCUT2D eigenvalue weighted by Crippen LogP contribution is 2.04. The lowest BCUT2D eigenvalue weighted by Gasteiger charge is -2.22. The van der Waals surface area contributed by atoms with Gasteiger partial charge in [0, 0.05) is 18.0 Å². The minimum Gasteiger partial charge on any atom is -0.469 e. The third-order valence-electron chi connectivity index (χ3n) is 1.95. The maximum atomic E-state index is 11.5. The third kappa shape index (κ3) is 4.87. The van der Waals surface area contributed by atoms with Crippen LogP contribution in [0.1, 0.15) is 33.5 Å². The molecule has 0 spiro atoms. The molecule has 1 aromatic heterocycles. The molecule has 2 N–H and O–H groups in total. The summed E-state index contributed by atoms with van der Waals surface area (Å²) in [4.78, 5) is 11.5. The largest absolute Gasteiger partial charge is 0.469 e. The molecular weight excluding hydrogens is 204 g/mol. The standard InChI is InChI=1S/C12H20N2O2/c1-9(8-10-6-5-7-16-10)13-11(15)14-12(2,3)4/h5-7,9H,8H2,1-4H3,(H2,13,14,15). The van der Waals surface area contributed by atoms with Crippen LogP contribution in [-0.4, -0.2) is 17.6 Å². The van der Waals surface area contributed by atoms with Crippen LogP contribution in [-0.2, 0) is 6.42 Å². The zero-order valence-electron chi connectivity index (χ0n) is 10.3. The molecule has 0 saturated heterocycles. The van der Waals surface area contributed by atoms with Crippen LogP contribution in [0.25, 0.3) is 0 Å². The normalized spacial score (nSPS) is 13.2. The first-order valence-corrected chi connectivity index (χ1v) is 5.48. The summed E-state index contributed by atoms with van der Waals surface area (Å²) in [5, 5.41) is 5.71. The van der Waals surface area contributed by atoms with E-state index >= 15 is 0 Å². The maximum absolute atomic E-state index is 11.5. The van der Waals surface area contributed by atoms with Crippen LogP contribution < -0.4 is 10.6 Å². The van der Waals surface area contributed by atoms with Gasteiger partial charge in [-0.2, -0.15) is 0 Å². The zero-order valence-corrected chi connectivity index (χ0v) is 10.3. The van der Waals surface area contributed by atoms with Crippen molar-refractivity contribution in [1.82, 2.24) is 10.6 Å². The summed E-state index contributed by atoms with van der Waals surface area (Å²) < 4.78 is 5.21. The summed E-state index contributed by atoms with van der Waals surface area (Å²) in [5.41, 5.74) is -0.214. The molecule has 4 nitrogen and oxygen atoms in total. The first-order chi connectivity index (χ1) is 7.37. The Morgan fingerprint density at radius 2 is 2.19 bits per heavy atom. The van der Waals surface area contributed by atoms with Crippen molar-refractivity contribution >= 4 is 6.03 Å². The summed E-state index contributed by atoms with van der Waals surface area (Å²) in [6.07, 6.45) is 2.34. The van der Waals surface area contributed by atoms with Gasteiger partial charge in [0.05, 0.1) is 6.26 Å². The second-order valence-electron chi connectivity index (χ2n) is 5.03. The van der Waals surface area contributed by atoms with Gasteiger partial charge in [-0.3, -0.25) is 0 Å². The quantitative estimate of drug-likeness (QED) is 0.827. The number of amides is 2. The van der Waals surface area contributed by atoms with E-state index in [-0.39, 0.29) is 17.6 Å². The van der Waals surface area contributed by atoms with Crippen LogP contribution in [0.15, 0.2) is 22.8 Å². The Morgan fingerprint density at radius 3 is 2.69 bits per heavy atom. The number of rotatable bonds is 3. The number of furan rings is 1. The van der Waals surface area contributed by atoms with Crippen molar-refractivity contribution in [3.8, 4) is 0 Å². The van der Waals surface area contributed by atoms with E-state index in [0.29, 0.717) is 6.42 Å². The van der Waals surface area contributed by atoms with Gasteiger partial charge in [0.2, 0.25) is 0 Å². The third-order valence-corrected chi connectivity index (χ3v) is 1.95. The van der Waals surface area contributed by atoms with E-state index in [1.807, 2.05) is 39.8 Å².